The molecule has 27 heavy (non-hydrogen) atoms. The second kappa shape index (κ2) is 8.37. The quantitative estimate of drug-likeness (QED) is 0.461. The zero-order valence-corrected chi connectivity index (χ0v) is 16.5. The standard InChI is InChI=1S/C19H13BrFN3O2S/c1-27-19-23-17(15(9-22)18(25)24-19)11-3-6-14(7-4-11)26-10-12-2-5-13(20)8-16(12)21/h2-8H,10H2,1H3,(H,23,24,25). The van der Waals surface area contributed by atoms with Gasteiger partial charge >= 0.3 is 0 Å². The second-order valence-electron chi connectivity index (χ2n) is 5.46. The molecular weight excluding hydrogens is 433 g/mol. The molecule has 0 amide bonds. The van der Waals surface area contributed by atoms with E-state index in [0.717, 1.165) is 0 Å². The van der Waals surface area contributed by atoms with Crippen LogP contribution in [0.5, 0.6) is 5.75 Å². The first-order valence-corrected chi connectivity index (χ1v) is 9.79. The van der Waals surface area contributed by atoms with Gasteiger partial charge in [-0.3, -0.25) is 4.79 Å². The van der Waals surface area contributed by atoms with E-state index >= 15 is 0 Å². The van der Waals surface area contributed by atoms with E-state index < -0.39 is 5.56 Å². The molecule has 0 spiro atoms. The fraction of sp³-hybridized carbons (Fsp3) is 0.105. The first-order valence-electron chi connectivity index (χ1n) is 7.77. The van der Waals surface area contributed by atoms with E-state index in [1.165, 1.54) is 17.8 Å². The van der Waals surface area contributed by atoms with Gasteiger partial charge in [0.1, 0.15) is 29.8 Å². The van der Waals surface area contributed by atoms with Crippen LogP contribution in [0.4, 0.5) is 4.39 Å². The number of benzene rings is 2. The molecule has 136 valence electrons. The largest absolute Gasteiger partial charge is 0.489 e. The van der Waals surface area contributed by atoms with Crippen molar-refractivity contribution in [3.63, 3.8) is 0 Å². The van der Waals surface area contributed by atoms with Crippen molar-refractivity contribution in [3.8, 4) is 23.1 Å². The highest BCUT2D eigenvalue weighted by molar-refractivity contribution is 9.10. The van der Waals surface area contributed by atoms with Crippen molar-refractivity contribution >= 4 is 27.7 Å². The molecule has 5 nitrogen and oxygen atoms in total. The monoisotopic (exact) mass is 445 g/mol. The molecule has 3 aromatic rings. The first kappa shape index (κ1) is 19.1. The van der Waals surface area contributed by atoms with Crippen molar-refractivity contribution in [2.24, 2.45) is 0 Å². The first-order chi connectivity index (χ1) is 13.0. The van der Waals surface area contributed by atoms with Gasteiger partial charge in [-0.2, -0.15) is 5.26 Å². The molecule has 1 heterocycles. The highest BCUT2D eigenvalue weighted by Gasteiger charge is 2.13. The topological polar surface area (TPSA) is 78.8 Å². The number of aromatic amines is 1. The van der Waals surface area contributed by atoms with Crippen LogP contribution >= 0.6 is 27.7 Å². The van der Waals surface area contributed by atoms with E-state index in [2.05, 4.69) is 25.9 Å². The number of halogens is 2. The van der Waals surface area contributed by atoms with Crippen LogP contribution in [0.2, 0.25) is 0 Å². The van der Waals surface area contributed by atoms with Gasteiger partial charge in [0.15, 0.2) is 5.16 Å². The fourth-order valence-corrected chi connectivity index (χ4v) is 3.08. The summed E-state index contributed by atoms with van der Waals surface area (Å²) in [6, 6.07) is 13.5. The van der Waals surface area contributed by atoms with Gasteiger partial charge in [-0.1, -0.05) is 33.8 Å². The maximum Gasteiger partial charge on any atom is 0.270 e. The van der Waals surface area contributed by atoms with Crippen molar-refractivity contribution in [1.82, 2.24) is 9.97 Å². The minimum absolute atomic E-state index is 0.0431. The Labute approximate surface area is 167 Å². The zero-order valence-electron chi connectivity index (χ0n) is 14.1. The van der Waals surface area contributed by atoms with Crippen LogP contribution in [0.3, 0.4) is 0 Å². The predicted octanol–water partition coefficient (Wildman–Crippen LogP) is 4.51. The Bertz CT molecular complexity index is 1080. The third-order valence-electron chi connectivity index (χ3n) is 3.74. The summed E-state index contributed by atoms with van der Waals surface area (Å²) in [5.41, 5.74) is 0.859. The maximum absolute atomic E-state index is 13.8. The van der Waals surface area contributed by atoms with Crippen LogP contribution in [0.25, 0.3) is 11.3 Å². The average Bonchev–Trinajstić information content (AvgIpc) is 2.67. The molecule has 1 aromatic heterocycles. The Morgan fingerprint density at radius 3 is 2.67 bits per heavy atom. The molecule has 0 aliphatic rings. The number of nitriles is 1. The van der Waals surface area contributed by atoms with Crippen LogP contribution < -0.4 is 10.3 Å². The van der Waals surface area contributed by atoms with E-state index in [1.54, 1.807) is 42.7 Å². The van der Waals surface area contributed by atoms with Gasteiger partial charge in [-0.25, -0.2) is 9.37 Å². The van der Waals surface area contributed by atoms with Crippen molar-refractivity contribution in [2.75, 3.05) is 6.26 Å². The lowest BCUT2D eigenvalue weighted by atomic mass is 10.1. The summed E-state index contributed by atoms with van der Waals surface area (Å²) in [6.07, 6.45) is 1.78. The van der Waals surface area contributed by atoms with Crippen molar-refractivity contribution < 1.29 is 9.13 Å². The number of rotatable bonds is 5. The van der Waals surface area contributed by atoms with Gasteiger partial charge < -0.3 is 9.72 Å². The summed E-state index contributed by atoms with van der Waals surface area (Å²) in [7, 11) is 0. The maximum atomic E-state index is 13.8. The number of aromatic nitrogens is 2. The van der Waals surface area contributed by atoms with Crippen LogP contribution in [0, 0.1) is 17.1 Å². The van der Waals surface area contributed by atoms with Gasteiger partial charge in [-0.15, -0.1) is 0 Å². The molecule has 1 N–H and O–H groups in total. The summed E-state index contributed by atoms with van der Waals surface area (Å²) >= 11 is 4.50. The highest BCUT2D eigenvalue weighted by Crippen LogP contribution is 2.24. The number of hydrogen-bond donors (Lipinski definition) is 1. The van der Waals surface area contributed by atoms with Crippen LogP contribution in [0.1, 0.15) is 11.1 Å². The Morgan fingerprint density at radius 1 is 1.30 bits per heavy atom. The Kier molecular flexibility index (Phi) is 5.94. The molecule has 0 aliphatic carbocycles. The highest BCUT2D eigenvalue weighted by atomic mass is 79.9. The Balaban J connectivity index is 1.83. The molecule has 0 unspecified atom stereocenters. The lowest BCUT2D eigenvalue weighted by Crippen LogP contribution is -2.14. The van der Waals surface area contributed by atoms with Gasteiger partial charge in [0.2, 0.25) is 0 Å². The van der Waals surface area contributed by atoms with Crippen molar-refractivity contribution in [2.45, 2.75) is 11.8 Å². The lowest BCUT2D eigenvalue weighted by Gasteiger charge is -2.09. The van der Waals surface area contributed by atoms with Crippen LogP contribution in [0.15, 0.2) is 56.9 Å². The normalized spacial score (nSPS) is 10.4. The number of nitrogens with zero attached hydrogens (tertiary/aromatic N) is 2. The Morgan fingerprint density at radius 2 is 2.04 bits per heavy atom. The van der Waals surface area contributed by atoms with E-state index in [-0.39, 0.29) is 18.0 Å². The minimum Gasteiger partial charge on any atom is -0.489 e. The van der Waals surface area contributed by atoms with Crippen LogP contribution in [-0.2, 0) is 6.61 Å². The number of hydrogen-bond acceptors (Lipinski definition) is 5. The number of H-pyrrole nitrogens is 1. The molecule has 0 atom stereocenters. The van der Waals surface area contributed by atoms with Gasteiger partial charge in [0, 0.05) is 15.6 Å². The summed E-state index contributed by atoms with van der Waals surface area (Å²) in [5, 5.41) is 9.68. The third kappa shape index (κ3) is 4.38. The molecule has 0 saturated heterocycles. The molecule has 8 heteroatoms. The molecule has 0 fully saturated rings. The SMILES string of the molecule is CSc1nc(-c2ccc(OCc3ccc(Br)cc3F)cc2)c(C#N)c(=O)[nH]1. The smallest absolute Gasteiger partial charge is 0.270 e. The minimum atomic E-state index is -0.474. The summed E-state index contributed by atoms with van der Waals surface area (Å²) in [5.74, 6) is 0.187. The molecule has 3 rings (SSSR count). The number of ether oxygens (including phenoxy) is 1. The zero-order chi connectivity index (χ0) is 19.4. The van der Waals surface area contributed by atoms with E-state index in [4.69, 9.17) is 4.74 Å². The third-order valence-corrected chi connectivity index (χ3v) is 4.81. The average molecular weight is 446 g/mol. The van der Waals surface area contributed by atoms with Gasteiger partial charge in [0.25, 0.3) is 5.56 Å². The van der Waals surface area contributed by atoms with Gasteiger partial charge in [-0.05, 0) is 42.7 Å². The molecular formula is C19H13BrFN3O2S. The second-order valence-corrected chi connectivity index (χ2v) is 7.17. The molecule has 0 aliphatic heterocycles. The summed E-state index contributed by atoms with van der Waals surface area (Å²) in [4.78, 5) is 18.9. The van der Waals surface area contributed by atoms with Gasteiger partial charge in [0.05, 0.1) is 5.69 Å². The van der Waals surface area contributed by atoms with E-state index in [0.29, 0.717) is 32.2 Å². The molecule has 2 aromatic carbocycles. The molecule has 0 saturated carbocycles. The summed E-state index contributed by atoms with van der Waals surface area (Å²) < 4.78 is 20.1. The van der Waals surface area contributed by atoms with Crippen molar-refractivity contribution in [1.29, 1.82) is 5.26 Å². The summed E-state index contributed by atoms with van der Waals surface area (Å²) in [6.45, 7) is 0.0851. The fourth-order valence-electron chi connectivity index (χ4n) is 2.37. The van der Waals surface area contributed by atoms with Crippen molar-refractivity contribution in [3.05, 3.63) is 74.2 Å². The van der Waals surface area contributed by atoms with Crippen LogP contribution in [-0.4, -0.2) is 16.2 Å². The predicted molar refractivity (Wildman–Crippen MR) is 105 cm³/mol. The molecule has 0 radical (unpaired) electrons. The molecule has 0 bridgehead atoms. The van der Waals surface area contributed by atoms with E-state index in [1.807, 2.05) is 6.07 Å². The van der Waals surface area contributed by atoms with E-state index in [9.17, 15) is 14.4 Å². The number of nitrogens with one attached hydrogen (secondary N) is 1. The number of thioether (sulfide) groups is 1. The Hall–Kier alpha value is -2.63. The lowest BCUT2D eigenvalue weighted by molar-refractivity contribution is 0.300.